The molecule has 36 heavy (non-hydrogen) atoms. The second-order valence-electron chi connectivity index (χ2n) is 9.68. The van der Waals surface area contributed by atoms with Gasteiger partial charge in [0.25, 0.3) is 5.91 Å². The number of fused-ring (bicyclic) bond motifs is 3. The van der Waals surface area contributed by atoms with E-state index in [9.17, 15) is 9.59 Å². The summed E-state index contributed by atoms with van der Waals surface area (Å²) in [5.74, 6) is 2.38. The molecule has 1 aromatic heterocycles. The lowest BCUT2D eigenvalue weighted by Gasteiger charge is -2.35. The second-order valence-corrected chi connectivity index (χ2v) is 9.68. The van der Waals surface area contributed by atoms with E-state index in [0.29, 0.717) is 42.9 Å². The number of carbonyl (C=O) groups is 2. The summed E-state index contributed by atoms with van der Waals surface area (Å²) in [4.78, 5) is 36.7. The van der Waals surface area contributed by atoms with Crippen LogP contribution >= 0.6 is 0 Å². The fourth-order valence-electron chi connectivity index (χ4n) is 5.41. The fraction of sp³-hybridized carbons (Fsp3) is 0.538. The number of methoxy groups -OCH3 is 2. The molecule has 1 unspecified atom stereocenters. The molecule has 2 fully saturated rings. The van der Waals surface area contributed by atoms with Crippen LogP contribution in [-0.4, -0.2) is 84.5 Å². The smallest absolute Gasteiger partial charge is 0.401 e. The van der Waals surface area contributed by atoms with Crippen molar-refractivity contribution < 1.29 is 23.6 Å². The Kier molecular flexibility index (Phi) is 6.70. The van der Waals surface area contributed by atoms with E-state index < -0.39 is 6.04 Å². The van der Waals surface area contributed by atoms with Gasteiger partial charge in [0.1, 0.15) is 11.9 Å². The van der Waals surface area contributed by atoms with Crippen molar-refractivity contribution in [1.29, 1.82) is 0 Å². The summed E-state index contributed by atoms with van der Waals surface area (Å²) in [6.07, 6.45) is 6.33. The Hall–Kier alpha value is -3.40. The van der Waals surface area contributed by atoms with Crippen LogP contribution in [0, 0.1) is 6.92 Å². The third-order valence-corrected chi connectivity index (χ3v) is 7.48. The number of amides is 3. The van der Waals surface area contributed by atoms with E-state index >= 15 is 0 Å². The molecule has 2 aromatic rings. The number of nitrogens with zero attached hydrogens (tertiary/aromatic N) is 6. The Balaban J connectivity index is 1.35. The summed E-state index contributed by atoms with van der Waals surface area (Å²) in [7, 11) is 4.96. The number of likely N-dealkylation sites (N-methyl/N-ethyl adjacent to an activating group) is 1. The zero-order valence-corrected chi connectivity index (χ0v) is 21.6. The summed E-state index contributed by atoms with van der Waals surface area (Å²) in [6.45, 7) is 5.88. The van der Waals surface area contributed by atoms with Crippen molar-refractivity contribution in [2.45, 2.75) is 45.2 Å². The molecule has 0 saturated carbocycles. The van der Waals surface area contributed by atoms with Crippen LogP contribution in [0.4, 0.5) is 10.7 Å². The van der Waals surface area contributed by atoms with Crippen molar-refractivity contribution in [2.75, 3.05) is 47.4 Å². The number of benzene rings is 1. The predicted molar refractivity (Wildman–Crippen MR) is 134 cm³/mol. The molecule has 4 heterocycles. The lowest BCUT2D eigenvalue weighted by molar-refractivity contribution is -0.677. The van der Waals surface area contributed by atoms with Crippen molar-refractivity contribution in [1.82, 2.24) is 19.3 Å². The first-order valence-corrected chi connectivity index (χ1v) is 12.6. The van der Waals surface area contributed by atoms with Gasteiger partial charge in [-0.1, -0.05) is 17.5 Å². The molecule has 3 aliphatic rings. The molecule has 0 spiro atoms. The number of rotatable bonds is 8. The highest BCUT2D eigenvalue weighted by molar-refractivity contribution is 6.19. The van der Waals surface area contributed by atoms with Crippen LogP contribution in [-0.2, 0) is 17.8 Å². The van der Waals surface area contributed by atoms with Crippen LogP contribution in [0.15, 0.2) is 29.4 Å². The van der Waals surface area contributed by atoms with Gasteiger partial charge >= 0.3 is 12.0 Å². The van der Waals surface area contributed by atoms with Gasteiger partial charge in [0, 0.05) is 26.6 Å². The molecular weight excluding hydrogens is 460 g/mol. The number of urea groups is 1. The molecule has 0 N–H and O–H groups in total. The number of hydrogen-bond acceptors (Lipinski definition) is 6. The molecule has 10 nitrogen and oxygen atoms in total. The number of carbonyl (C=O) groups excluding carboxylic acids is 2. The number of imide groups is 1. The summed E-state index contributed by atoms with van der Waals surface area (Å²) >= 11 is 0. The number of hydrogen-bond donors (Lipinski definition) is 0. The molecule has 1 aromatic carbocycles. The molecular formula is C26H35N6O4+. The van der Waals surface area contributed by atoms with Crippen molar-refractivity contribution in [3.8, 4) is 11.5 Å². The van der Waals surface area contributed by atoms with E-state index in [4.69, 9.17) is 14.5 Å². The number of aryl methyl sites for hydroxylation is 2. The van der Waals surface area contributed by atoms with Crippen molar-refractivity contribution in [2.24, 2.45) is 4.99 Å². The van der Waals surface area contributed by atoms with Gasteiger partial charge in [-0.3, -0.25) is 14.6 Å². The van der Waals surface area contributed by atoms with Gasteiger partial charge in [-0.15, -0.1) is 0 Å². The molecule has 0 bridgehead atoms. The van der Waals surface area contributed by atoms with Crippen molar-refractivity contribution in [3.05, 3.63) is 35.7 Å². The monoisotopic (exact) mass is 495 g/mol. The summed E-state index contributed by atoms with van der Waals surface area (Å²) in [5, 5.41) is 0. The lowest BCUT2D eigenvalue weighted by atomic mass is 10.1. The SMILES string of the molecule is COc1ccc(CCn2c(C)c[n+]3c2N=C2C3C(=O)N(CCN3CCCCC3)C(=O)N2C)cc1OC. The minimum Gasteiger partial charge on any atom is -0.493 e. The average Bonchev–Trinajstić information content (AvgIpc) is 3.41. The van der Waals surface area contributed by atoms with Crippen LogP contribution in [0.2, 0.25) is 0 Å². The summed E-state index contributed by atoms with van der Waals surface area (Å²) in [6, 6.07) is 5.00. The summed E-state index contributed by atoms with van der Waals surface area (Å²) in [5.41, 5.74) is 2.12. The Morgan fingerprint density at radius 2 is 1.78 bits per heavy atom. The highest BCUT2D eigenvalue weighted by atomic mass is 16.5. The molecule has 10 heteroatoms. The topological polar surface area (TPSA) is 83.5 Å². The zero-order chi connectivity index (χ0) is 25.4. The minimum absolute atomic E-state index is 0.199. The Morgan fingerprint density at radius 1 is 1.03 bits per heavy atom. The van der Waals surface area contributed by atoms with Crippen LogP contribution in [0.1, 0.15) is 36.6 Å². The van der Waals surface area contributed by atoms with Crippen LogP contribution in [0.25, 0.3) is 0 Å². The molecule has 2 saturated heterocycles. The Morgan fingerprint density at radius 3 is 2.50 bits per heavy atom. The first kappa shape index (κ1) is 24.3. The largest absolute Gasteiger partial charge is 0.493 e. The van der Waals surface area contributed by atoms with Crippen LogP contribution in [0.5, 0.6) is 11.5 Å². The number of ether oxygens (including phenoxy) is 2. The van der Waals surface area contributed by atoms with E-state index in [1.807, 2.05) is 35.9 Å². The average molecular weight is 496 g/mol. The minimum atomic E-state index is -0.606. The number of aliphatic imine (C=N–C) groups is 1. The molecule has 192 valence electrons. The van der Waals surface area contributed by atoms with Crippen molar-refractivity contribution in [3.63, 3.8) is 0 Å². The number of piperidine rings is 1. The number of imidazole rings is 1. The van der Waals surface area contributed by atoms with E-state index in [1.165, 1.54) is 29.1 Å². The Labute approximate surface area is 211 Å². The van der Waals surface area contributed by atoms with E-state index in [0.717, 1.165) is 30.8 Å². The van der Waals surface area contributed by atoms with Gasteiger partial charge in [-0.05, 0) is 50.6 Å². The zero-order valence-electron chi connectivity index (χ0n) is 21.6. The number of likely N-dealkylation sites (tertiary alicyclic amines) is 1. The van der Waals surface area contributed by atoms with Crippen LogP contribution < -0.4 is 14.0 Å². The standard InChI is InChI=1S/C26H35N6O4/c1-18-17-32-22-23(28(2)26(34)31(24(22)33)15-14-29-11-6-5-7-12-29)27-25(32)30(18)13-10-19-8-9-20(35-3)21(16-19)36-4/h8-9,16-17,22H,5-7,10-15H2,1-4H3/q+1. The molecule has 3 aliphatic heterocycles. The first-order valence-electron chi connectivity index (χ1n) is 12.6. The van der Waals surface area contributed by atoms with Gasteiger partial charge in [0.05, 0.1) is 20.8 Å². The van der Waals surface area contributed by atoms with Crippen LogP contribution in [0.3, 0.4) is 0 Å². The number of amidine groups is 1. The Bertz CT molecular complexity index is 1200. The molecule has 3 amide bonds. The maximum Gasteiger partial charge on any atom is 0.401 e. The van der Waals surface area contributed by atoms with Gasteiger partial charge in [-0.2, -0.15) is 0 Å². The molecule has 0 aliphatic carbocycles. The molecule has 1 atom stereocenters. The quantitative estimate of drug-likeness (QED) is 0.525. The fourth-order valence-corrected chi connectivity index (χ4v) is 5.41. The maximum atomic E-state index is 13.6. The number of aromatic nitrogens is 2. The maximum absolute atomic E-state index is 13.6. The highest BCUT2D eigenvalue weighted by Crippen LogP contribution is 2.31. The first-order chi connectivity index (χ1) is 17.4. The third-order valence-electron chi connectivity index (χ3n) is 7.48. The lowest BCUT2D eigenvalue weighted by Crippen LogP contribution is -2.63. The third kappa shape index (κ3) is 4.23. The van der Waals surface area contributed by atoms with Gasteiger partial charge in [0.15, 0.2) is 11.5 Å². The summed E-state index contributed by atoms with van der Waals surface area (Å²) < 4.78 is 14.8. The van der Waals surface area contributed by atoms with E-state index in [1.54, 1.807) is 21.3 Å². The highest BCUT2D eigenvalue weighted by Gasteiger charge is 2.53. The van der Waals surface area contributed by atoms with E-state index in [-0.39, 0.29) is 11.9 Å². The van der Waals surface area contributed by atoms with Gasteiger partial charge < -0.3 is 14.4 Å². The normalized spacial score (nSPS) is 19.9. The van der Waals surface area contributed by atoms with Gasteiger partial charge in [-0.25, -0.2) is 13.9 Å². The molecule has 0 radical (unpaired) electrons. The molecule has 5 rings (SSSR count). The van der Waals surface area contributed by atoms with Gasteiger partial charge in [0.2, 0.25) is 11.9 Å². The predicted octanol–water partition coefficient (Wildman–Crippen LogP) is 2.31. The van der Waals surface area contributed by atoms with E-state index in [2.05, 4.69) is 9.47 Å². The van der Waals surface area contributed by atoms with Crippen molar-refractivity contribution >= 4 is 23.7 Å². The second kappa shape index (κ2) is 9.93.